The van der Waals surface area contributed by atoms with Crippen molar-refractivity contribution in [3.63, 3.8) is 0 Å². The molecular weight excluding hydrogens is 212 g/mol. The normalized spacial score (nSPS) is 44.6. The number of ether oxygens (including phenoxy) is 3. The summed E-state index contributed by atoms with van der Waals surface area (Å²) in [5.74, 6) is -0.186. The molecule has 5 atom stereocenters. The number of aliphatic hydroxyl groups excluding tert-OH is 1. The monoisotopic (exact) mass is 226 g/mol. The van der Waals surface area contributed by atoms with Crippen LogP contribution < -0.4 is 0 Å². The fraction of sp³-hybridized carbons (Fsp3) is 0.727. The van der Waals surface area contributed by atoms with Crippen molar-refractivity contribution < 1.29 is 24.1 Å². The Morgan fingerprint density at radius 2 is 2.44 bits per heavy atom. The first-order valence-electron chi connectivity index (χ1n) is 5.46. The van der Waals surface area contributed by atoms with E-state index in [-0.39, 0.29) is 30.0 Å². The van der Waals surface area contributed by atoms with Gasteiger partial charge in [0.05, 0.1) is 31.7 Å². The summed E-state index contributed by atoms with van der Waals surface area (Å²) >= 11 is 0. The van der Waals surface area contributed by atoms with Gasteiger partial charge in [-0.2, -0.15) is 0 Å². The van der Waals surface area contributed by atoms with Crippen molar-refractivity contribution in [1.29, 1.82) is 0 Å². The minimum Gasteiger partial charge on any atom is -0.472 e. The molecule has 3 rings (SSSR count). The maximum absolute atomic E-state index is 11.6. The number of carbonyl (C=O) groups is 1. The summed E-state index contributed by atoms with van der Waals surface area (Å²) in [6.45, 7) is 0.509. The fourth-order valence-electron chi connectivity index (χ4n) is 3.09. The molecule has 88 valence electrons. The molecule has 0 aromatic carbocycles. The smallest absolute Gasteiger partial charge is 0.337 e. The van der Waals surface area contributed by atoms with Gasteiger partial charge in [0.2, 0.25) is 6.29 Å². The number of rotatable bonds is 1. The fourth-order valence-corrected chi connectivity index (χ4v) is 3.09. The number of hydrogen-bond donors (Lipinski definition) is 1. The molecule has 0 unspecified atom stereocenters. The van der Waals surface area contributed by atoms with Gasteiger partial charge in [-0.3, -0.25) is 0 Å². The van der Waals surface area contributed by atoms with Crippen LogP contribution in [0.2, 0.25) is 0 Å². The van der Waals surface area contributed by atoms with Crippen molar-refractivity contribution in [3.8, 4) is 0 Å². The predicted octanol–water partition coefficient (Wildman–Crippen LogP) is 0.0430. The highest BCUT2D eigenvalue weighted by molar-refractivity contribution is 5.89. The van der Waals surface area contributed by atoms with Crippen molar-refractivity contribution in [1.82, 2.24) is 0 Å². The summed E-state index contributed by atoms with van der Waals surface area (Å²) < 4.78 is 15.5. The van der Waals surface area contributed by atoms with E-state index >= 15 is 0 Å². The maximum atomic E-state index is 11.6. The lowest BCUT2D eigenvalue weighted by Gasteiger charge is -2.29. The summed E-state index contributed by atoms with van der Waals surface area (Å²) in [7, 11) is 1.35. The molecule has 0 amide bonds. The summed E-state index contributed by atoms with van der Waals surface area (Å²) in [5.41, 5.74) is 0.524. The van der Waals surface area contributed by atoms with E-state index in [9.17, 15) is 9.90 Å². The molecule has 1 N–H and O–H groups in total. The van der Waals surface area contributed by atoms with Gasteiger partial charge in [0, 0.05) is 17.8 Å². The number of aliphatic hydroxyl groups is 1. The second kappa shape index (κ2) is 3.46. The van der Waals surface area contributed by atoms with Gasteiger partial charge in [0.15, 0.2) is 0 Å². The van der Waals surface area contributed by atoms with Crippen LogP contribution in [0.25, 0.3) is 0 Å². The number of hydrogen-bond acceptors (Lipinski definition) is 5. The Morgan fingerprint density at radius 1 is 1.62 bits per heavy atom. The van der Waals surface area contributed by atoms with Crippen LogP contribution in [0.1, 0.15) is 6.42 Å². The third-order valence-electron chi connectivity index (χ3n) is 3.87. The van der Waals surface area contributed by atoms with Crippen LogP contribution in [-0.4, -0.2) is 37.2 Å². The maximum Gasteiger partial charge on any atom is 0.337 e. The third kappa shape index (κ3) is 1.21. The van der Waals surface area contributed by atoms with E-state index in [1.165, 1.54) is 13.4 Å². The molecule has 5 nitrogen and oxygen atoms in total. The van der Waals surface area contributed by atoms with Gasteiger partial charge < -0.3 is 19.3 Å². The number of carbonyl (C=O) groups excluding carboxylic acids is 1. The van der Waals surface area contributed by atoms with E-state index in [2.05, 4.69) is 0 Å². The Labute approximate surface area is 93.0 Å². The van der Waals surface area contributed by atoms with Crippen LogP contribution >= 0.6 is 0 Å². The van der Waals surface area contributed by atoms with Crippen LogP contribution in [0.4, 0.5) is 0 Å². The summed E-state index contributed by atoms with van der Waals surface area (Å²) in [6.07, 6.45) is 1.31. The SMILES string of the molecule is COC(=O)C1=CO[C@@H]2OC[C@H]3[C@@H]2[C@@H]1C[C@H]3O. The second-order valence-electron chi connectivity index (χ2n) is 4.55. The van der Waals surface area contributed by atoms with Crippen LogP contribution in [-0.2, 0) is 19.0 Å². The second-order valence-corrected chi connectivity index (χ2v) is 4.55. The largest absolute Gasteiger partial charge is 0.472 e. The highest BCUT2D eigenvalue weighted by Crippen LogP contribution is 2.50. The third-order valence-corrected chi connectivity index (χ3v) is 3.87. The molecule has 1 saturated heterocycles. The first-order valence-corrected chi connectivity index (χ1v) is 5.46. The predicted molar refractivity (Wildman–Crippen MR) is 52.0 cm³/mol. The first kappa shape index (κ1) is 10.1. The van der Waals surface area contributed by atoms with E-state index in [1.807, 2.05) is 0 Å². The Morgan fingerprint density at radius 3 is 3.19 bits per heavy atom. The Balaban J connectivity index is 1.92. The lowest BCUT2D eigenvalue weighted by Crippen LogP contribution is -2.32. The molecule has 0 bridgehead atoms. The number of methoxy groups -OCH3 is 1. The lowest BCUT2D eigenvalue weighted by atomic mass is 9.84. The average molecular weight is 226 g/mol. The molecule has 0 aromatic rings. The van der Waals surface area contributed by atoms with Crippen molar-refractivity contribution in [2.75, 3.05) is 13.7 Å². The zero-order chi connectivity index (χ0) is 11.3. The van der Waals surface area contributed by atoms with Crippen molar-refractivity contribution in [2.45, 2.75) is 18.8 Å². The molecule has 3 aliphatic rings. The molecule has 2 fully saturated rings. The highest BCUT2D eigenvalue weighted by Gasteiger charge is 2.56. The zero-order valence-corrected chi connectivity index (χ0v) is 8.96. The molecule has 5 heteroatoms. The molecular formula is C11H14O5. The van der Waals surface area contributed by atoms with Gasteiger partial charge in [-0.25, -0.2) is 4.79 Å². The van der Waals surface area contributed by atoms with E-state index in [0.717, 1.165) is 0 Å². The molecule has 0 aromatic heterocycles. The standard InChI is InChI=1S/C11H14O5/c1-14-10(13)6-3-15-11-9-5(6)2-8(12)7(9)4-16-11/h3,5,7-9,11-12H,2,4H2,1H3/t5-,7-,8-,9+,11-/m1/s1. The average Bonchev–Trinajstić information content (AvgIpc) is 2.85. The molecule has 1 saturated carbocycles. The van der Waals surface area contributed by atoms with Gasteiger partial charge in [0.25, 0.3) is 0 Å². The van der Waals surface area contributed by atoms with E-state index in [0.29, 0.717) is 18.6 Å². The summed E-state index contributed by atoms with van der Waals surface area (Å²) in [5, 5.41) is 9.90. The van der Waals surface area contributed by atoms with E-state index < -0.39 is 6.10 Å². The van der Waals surface area contributed by atoms with Gasteiger partial charge in [-0.1, -0.05) is 0 Å². The quantitative estimate of drug-likeness (QED) is 0.640. The van der Waals surface area contributed by atoms with Crippen molar-refractivity contribution in [3.05, 3.63) is 11.8 Å². The Kier molecular flexibility index (Phi) is 2.19. The minimum atomic E-state index is -0.408. The van der Waals surface area contributed by atoms with Gasteiger partial charge in [-0.15, -0.1) is 0 Å². The zero-order valence-electron chi connectivity index (χ0n) is 8.96. The Bertz CT molecular complexity index is 350. The molecule has 2 aliphatic heterocycles. The van der Waals surface area contributed by atoms with Crippen molar-refractivity contribution >= 4 is 5.97 Å². The molecule has 2 heterocycles. The first-order chi connectivity index (χ1) is 7.72. The molecule has 1 aliphatic carbocycles. The summed E-state index contributed by atoms with van der Waals surface area (Å²) in [6, 6.07) is 0. The Hall–Kier alpha value is -1.07. The van der Waals surface area contributed by atoms with Crippen molar-refractivity contribution in [2.24, 2.45) is 17.8 Å². The van der Waals surface area contributed by atoms with Gasteiger partial charge >= 0.3 is 5.97 Å². The topological polar surface area (TPSA) is 65.0 Å². The minimum absolute atomic E-state index is 0.00806. The molecule has 0 radical (unpaired) electrons. The molecule has 16 heavy (non-hydrogen) atoms. The number of esters is 1. The van der Waals surface area contributed by atoms with E-state index in [1.54, 1.807) is 0 Å². The van der Waals surface area contributed by atoms with Gasteiger partial charge in [0.1, 0.15) is 0 Å². The molecule has 0 spiro atoms. The van der Waals surface area contributed by atoms with Crippen LogP contribution in [0.3, 0.4) is 0 Å². The lowest BCUT2D eigenvalue weighted by molar-refractivity contribution is -0.141. The van der Waals surface area contributed by atoms with Crippen LogP contribution in [0, 0.1) is 17.8 Å². The van der Waals surface area contributed by atoms with E-state index in [4.69, 9.17) is 14.2 Å². The van der Waals surface area contributed by atoms with Crippen LogP contribution in [0.15, 0.2) is 11.8 Å². The summed E-state index contributed by atoms with van der Waals surface area (Å²) in [4.78, 5) is 11.6. The van der Waals surface area contributed by atoms with Gasteiger partial charge in [-0.05, 0) is 6.42 Å². The van der Waals surface area contributed by atoms with Crippen LogP contribution in [0.5, 0.6) is 0 Å². The highest BCUT2D eigenvalue weighted by atomic mass is 16.7.